The topological polar surface area (TPSA) is 92.3 Å². The summed E-state index contributed by atoms with van der Waals surface area (Å²) in [6, 6.07) is 14.6. The highest BCUT2D eigenvalue weighted by Gasteiger charge is 2.21. The maximum Gasteiger partial charge on any atom is 0.275 e. The number of hydrogen-bond acceptors (Lipinski definition) is 6. The van der Waals surface area contributed by atoms with Gasteiger partial charge in [-0.05, 0) is 42.7 Å². The van der Waals surface area contributed by atoms with Gasteiger partial charge in [-0.1, -0.05) is 41.6 Å². The maximum absolute atomic E-state index is 12.8. The number of rotatable bonds is 6. The number of nitrogens with zero attached hydrogens (tertiary/aromatic N) is 3. The Bertz CT molecular complexity index is 1120. The van der Waals surface area contributed by atoms with Crippen molar-refractivity contribution >= 4 is 50.7 Å². The van der Waals surface area contributed by atoms with E-state index in [1.807, 2.05) is 6.07 Å². The molecule has 3 rings (SSSR count). The molecule has 0 spiro atoms. The Morgan fingerprint density at radius 1 is 1.10 bits per heavy atom. The summed E-state index contributed by atoms with van der Waals surface area (Å²) >= 11 is 7.30. The largest absolute Gasteiger partial charge is 0.321 e. The summed E-state index contributed by atoms with van der Waals surface area (Å²) in [6.45, 7) is 0. The molecule has 0 saturated carbocycles. The summed E-state index contributed by atoms with van der Waals surface area (Å²) < 4.78 is 26.8. The fourth-order valence-corrected chi connectivity index (χ4v) is 4.16. The molecule has 0 saturated heterocycles. The van der Waals surface area contributed by atoms with Crippen LogP contribution >= 0.6 is 23.4 Å². The Labute approximate surface area is 178 Å². The molecule has 1 N–H and O–H groups in total. The zero-order valence-electron chi connectivity index (χ0n) is 15.5. The lowest BCUT2D eigenvalue weighted by molar-refractivity contribution is 0.102. The Balaban J connectivity index is 1.79. The number of amides is 1. The number of benzene rings is 2. The Morgan fingerprint density at radius 3 is 2.38 bits per heavy atom. The van der Waals surface area contributed by atoms with Crippen LogP contribution in [0.1, 0.15) is 10.5 Å². The first kappa shape index (κ1) is 21.1. The van der Waals surface area contributed by atoms with Crippen molar-refractivity contribution in [2.24, 2.45) is 0 Å². The van der Waals surface area contributed by atoms with E-state index in [1.54, 1.807) is 30.5 Å². The van der Waals surface area contributed by atoms with Crippen LogP contribution in [0.3, 0.4) is 0 Å². The van der Waals surface area contributed by atoms with Crippen molar-refractivity contribution in [2.45, 2.75) is 10.1 Å². The minimum atomic E-state index is -3.73. The van der Waals surface area contributed by atoms with E-state index in [0.29, 0.717) is 16.5 Å². The molecule has 1 heterocycles. The van der Waals surface area contributed by atoms with Gasteiger partial charge in [0, 0.05) is 12.7 Å². The average molecular weight is 449 g/mol. The number of anilines is 2. The second kappa shape index (κ2) is 8.81. The third-order valence-electron chi connectivity index (χ3n) is 4.01. The molecular formula is C19H17ClN4O3S2. The summed E-state index contributed by atoms with van der Waals surface area (Å²) in [4.78, 5) is 20.7. The molecule has 10 heteroatoms. The van der Waals surface area contributed by atoms with Crippen LogP contribution in [0.15, 0.2) is 70.8 Å². The first-order valence-corrected chi connectivity index (χ1v) is 11.4. The molecule has 1 aromatic heterocycles. The maximum atomic E-state index is 12.8. The number of hydrogen-bond donors (Lipinski definition) is 1. The van der Waals surface area contributed by atoms with Crippen LogP contribution < -0.4 is 9.62 Å². The van der Waals surface area contributed by atoms with E-state index in [2.05, 4.69) is 15.3 Å². The quantitative estimate of drug-likeness (QED) is 0.453. The van der Waals surface area contributed by atoms with Gasteiger partial charge in [0.15, 0.2) is 10.9 Å². The van der Waals surface area contributed by atoms with Crippen molar-refractivity contribution in [1.82, 2.24) is 9.97 Å². The number of thioether (sulfide) groups is 1. The first-order chi connectivity index (χ1) is 13.8. The molecule has 0 fully saturated rings. The van der Waals surface area contributed by atoms with Gasteiger partial charge in [0.25, 0.3) is 15.9 Å². The minimum Gasteiger partial charge on any atom is -0.321 e. The van der Waals surface area contributed by atoms with Crippen LogP contribution in [0.5, 0.6) is 0 Å². The molecule has 2 aromatic carbocycles. The number of carbonyl (C=O) groups is 1. The van der Waals surface area contributed by atoms with E-state index in [9.17, 15) is 13.2 Å². The molecule has 0 atom stereocenters. The second-order valence-electron chi connectivity index (χ2n) is 5.84. The van der Waals surface area contributed by atoms with Crippen LogP contribution in [-0.2, 0) is 10.0 Å². The lowest BCUT2D eigenvalue weighted by atomic mass is 10.3. The summed E-state index contributed by atoms with van der Waals surface area (Å²) in [5.74, 6) is -0.510. The number of aromatic nitrogens is 2. The highest BCUT2D eigenvalue weighted by atomic mass is 35.5. The fraction of sp³-hybridized carbons (Fsp3) is 0.105. The Hall–Kier alpha value is -2.62. The fourth-order valence-electron chi connectivity index (χ4n) is 2.44. The zero-order valence-corrected chi connectivity index (χ0v) is 17.9. The van der Waals surface area contributed by atoms with Crippen molar-refractivity contribution in [3.63, 3.8) is 0 Å². The van der Waals surface area contributed by atoms with Gasteiger partial charge in [0.2, 0.25) is 0 Å². The standard InChI is InChI=1S/C19H17ClN4O3S2/c1-24(14-6-4-3-5-7-14)29(26,27)15-10-8-13(9-11-15)22-18(25)17-16(20)12-21-19(23-17)28-2/h3-12H,1-2H3,(H,22,25). The third kappa shape index (κ3) is 4.69. The number of nitrogens with one attached hydrogen (secondary N) is 1. The molecule has 7 nitrogen and oxygen atoms in total. The van der Waals surface area contributed by atoms with E-state index in [0.717, 1.165) is 0 Å². The van der Waals surface area contributed by atoms with E-state index in [4.69, 9.17) is 11.6 Å². The molecule has 0 aliphatic carbocycles. The number of halogens is 1. The molecule has 150 valence electrons. The lowest BCUT2D eigenvalue weighted by Crippen LogP contribution is -2.26. The highest BCUT2D eigenvalue weighted by molar-refractivity contribution is 7.98. The van der Waals surface area contributed by atoms with Crippen LogP contribution in [-0.4, -0.2) is 37.6 Å². The van der Waals surface area contributed by atoms with Crippen molar-refractivity contribution in [2.75, 3.05) is 22.9 Å². The molecule has 0 unspecified atom stereocenters. The van der Waals surface area contributed by atoms with Crippen molar-refractivity contribution < 1.29 is 13.2 Å². The molecule has 1 amide bonds. The molecular weight excluding hydrogens is 432 g/mol. The third-order valence-corrected chi connectivity index (χ3v) is 6.65. The van der Waals surface area contributed by atoms with Crippen LogP contribution in [0.4, 0.5) is 11.4 Å². The van der Waals surface area contributed by atoms with E-state index < -0.39 is 15.9 Å². The SMILES string of the molecule is CSc1ncc(Cl)c(C(=O)Nc2ccc(S(=O)(=O)N(C)c3ccccc3)cc2)n1. The van der Waals surface area contributed by atoms with Crippen molar-refractivity contribution in [3.05, 3.63) is 71.5 Å². The van der Waals surface area contributed by atoms with Crippen LogP contribution in [0.2, 0.25) is 5.02 Å². The summed E-state index contributed by atoms with van der Waals surface area (Å²) in [7, 11) is -2.24. The Morgan fingerprint density at radius 2 is 1.76 bits per heavy atom. The molecule has 0 aliphatic heterocycles. The van der Waals surface area contributed by atoms with Gasteiger partial charge in [-0.25, -0.2) is 18.4 Å². The lowest BCUT2D eigenvalue weighted by Gasteiger charge is -2.19. The molecule has 3 aromatic rings. The van der Waals surface area contributed by atoms with Gasteiger partial charge >= 0.3 is 0 Å². The number of para-hydroxylation sites is 1. The Kier molecular flexibility index (Phi) is 6.41. The normalized spacial score (nSPS) is 11.1. The second-order valence-corrected chi connectivity index (χ2v) is 8.99. The van der Waals surface area contributed by atoms with Gasteiger partial charge in [-0.2, -0.15) is 0 Å². The van der Waals surface area contributed by atoms with E-state index in [1.165, 1.54) is 53.6 Å². The monoisotopic (exact) mass is 448 g/mol. The highest BCUT2D eigenvalue weighted by Crippen LogP contribution is 2.23. The molecule has 0 bridgehead atoms. The van der Waals surface area contributed by atoms with Crippen molar-refractivity contribution in [1.29, 1.82) is 0 Å². The first-order valence-electron chi connectivity index (χ1n) is 8.35. The minimum absolute atomic E-state index is 0.0477. The average Bonchev–Trinajstić information content (AvgIpc) is 2.74. The van der Waals surface area contributed by atoms with Gasteiger partial charge < -0.3 is 5.32 Å². The van der Waals surface area contributed by atoms with Crippen LogP contribution in [0, 0.1) is 0 Å². The summed E-state index contributed by atoms with van der Waals surface area (Å²) in [5.41, 5.74) is 1.01. The predicted octanol–water partition coefficient (Wildman–Crippen LogP) is 3.93. The van der Waals surface area contributed by atoms with Gasteiger partial charge in [-0.15, -0.1) is 0 Å². The number of carbonyl (C=O) groups excluding carboxylic acids is 1. The van der Waals surface area contributed by atoms with Gasteiger partial charge in [0.05, 0.1) is 21.8 Å². The molecule has 29 heavy (non-hydrogen) atoms. The van der Waals surface area contributed by atoms with Gasteiger partial charge in [0.1, 0.15) is 0 Å². The predicted molar refractivity (Wildman–Crippen MR) is 115 cm³/mol. The van der Waals surface area contributed by atoms with Crippen LogP contribution in [0.25, 0.3) is 0 Å². The molecule has 0 radical (unpaired) electrons. The summed E-state index contributed by atoms with van der Waals surface area (Å²) in [5, 5.41) is 3.21. The van der Waals surface area contributed by atoms with Gasteiger partial charge in [-0.3, -0.25) is 9.10 Å². The summed E-state index contributed by atoms with van der Waals surface area (Å²) in [6.07, 6.45) is 3.15. The zero-order chi connectivity index (χ0) is 21.0. The smallest absolute Gasteiger partial charge is 0.275 e. The van der Waals surface area contributed by atoms with E-state index in [-0.39, 0.29) is 15.6 Å². The number of sulfonamides is 1. The molecule has 0 aliphatic rings. The van der Waals surface area contributed by atoms with E-state index >= 15 is 0 Å². The van der Waals surface area contributed by atoms with Crippen molar-refractivity contribution in [3.8, 4) is 0 Å².